The predicted octanol–water partition coefficient (Wildman–Crippen LogP) is 29.4. The second-order valence-electron chi connectivity index (χ2n) is 33.4. The zero-order valence-electron chi connectivity index (χ0n) is 64.5. The SMILES string of the molecule is CCCCCCCCCCCCC1(CCCCCCCCCCCC)c2cc(-c3ccc(C(C)C)s3)ccc2-c2cc3c(cc21)C1=C2C(=O)N4C=Cc5cc6c(cc5C4=C2C(=O)N1C=C3)C(CCCCCCCCCCCC)(CCCCCCCCCCCC)c1cc(C(C)(C)C)ccc1-6. The van der Waals surface area contributed by atoms with Crippen LogP contribution in [0, 0.1) is 0 Å². The number of unbranched alkanes of at least 4 members (excludes halogenated alkanes) is 36. The maximum absolute atomic E-state index is 15.9. The van der Waals surface area contributed by atoms with Crippen LogP contribution < -0.4 is 0 Å². The number of benzene rings is 4. The minimum atomic E-state index is -0.200. The Morgan fingerprint density at radius 1 is 0.360 bits per heavy atom. The van der Waals surface area contributed by atoms with E-state index in [4.69, 9.17) is 0 Å². The lowest BCUT2D eigenvalue weighted by atomic mass is 9.69. The number of carbonyl (C=O) groups is 2. The lowest BCUT2D eigenvalue weighted by molar-refractivity contribution is -0.122. The van der Waals surface area contributed by atoms with Gasteiger partial charge in [0.15, 0.2) is 0 Å². The van der Waals surface area contributed by atoms with Gasteiger partial charge in [-0.2, -0.15) is 0 Å². The molecule has 0 saturated heterocycles. The van der Waals surface area contributed by atoms with Crippen LogP contribution in [0.1, 0.15) is 406 Å². The van der Waals surface area contributed by atoms with Crippen LogP contribution in [0.5, 0.6) is 0 Å². The summed E-state index contributed by atoms with van der Waals surface area (Å²) in [6.45, 7) is 21.0. The molecule has 11 rings (SSSR count). The van der Waals surface area contributed by atoms with Gasteiger partial charge in [0.05, 0.1) is 22.5 Å². The highest BCUT2D eigenvalue weighted by atomic mass is 32.1. The molecule has 0 unspecified atom stereocenters. The molecule has 0 atom stereocenters. The van der Waals surface area contributed by atoms with Crippen LogP contribution in [0.3, 0.4) is 0 Å². The van der Waals surface area contributed by atoms with Crippen LogP contribution in [0.15, 0.2) is 96.3 Å². The van der Waals surface area contributed by atoms with Crippen LogP contribution in [-0.2, 0) is 25.8 Å². The zero-order valence-corrected chi connectivity index (χ0v) is 65.4. The molecule has 4 aromatic carbocycles. The number of nitrogens with zero attached hydrogens (tertiary/aromatic N) is 2. The van der Waals surface area contributed by atoms with Crippen molar-refractivity contribution in [2.45, 2.75) is 367 Å². The second kappa shape index (κ2) is 36.3. The number of carbonyl (C=O) groups excluding carboxylic acids is 2. The molecule has 100 heavy (non-hydrogen) atoms. The van der Waals surface area contributed by atoms with Gasteiger partial charge in [-0.25, -0.2) is 0 Å². The van der Waals surface area contributed by atoms with Crippen LogP contribution in [0.4, 0.5) is 0 Å². The van der Waals surface area contributed by atoms with E-state index in [1.54, 1.807) is 0 Å². The van der Waals surface area contributed by atoms with Crippen molar-refractivity contribution in [2.24, 2.45) is 0 Å². The van der Waals surface area contributed by atoms with Crippen molar-refractivity contribution in [3.05, 3.63) is 151 Å². The first-order valence-electron chi connectivity index (χ1n) is 42.1. The van der Waals surface area contributed by atoms with Crippen LogP contribution in [0.25, 0.3) is 56.2 Å². The van der Waals surface area contributed by atoms with Gasteiger partial charge in [-0.3, -0.25) is 19.4 Å². The number of hydrogen-bond acceptors (Lipinski definition) is 3. The van der Waals surface area contributed by atoms with Crippen molar-refractivity contribution in [1.82, 2.24) is 9.80 Å². The normalized spacial score (nSPS) is 15.7. The Bertz CT molecular complexity index is 3630. The third-order valence-corrected chi connectivity index (χ3v) is 26.1. The van der Waals surface area contributed by atoms with Crippen LogP contribution >= 0.6 is 11.3 Å². The van der Waals surface area contributed by atoms with E-state index in [0.29, 0.717) is 17.1 Å². The molecule has 1 aromatic heterocycles. The molecule has 0 spiro atoms. The molecule has 5 heteroatoms. The molecule has 6 aliphatic rings. The molecule has 2 amide bonds. The summed E-state index contributed by atoms with van der Waals surface area (Å²) in [6.07, 6.45) is 65.5. The van der Waals surface area contributed by atoms with Gasteiger partial charge in [-0.05, 0) is 158 Å². The maximum atomic E-state index is 15.9. The first kappa shape index (κ1) is 75.6. The fourth-order valence-electron chi connectivity index (χ4n) is 18.7. The minimum absolute atomic E-state index is 0.00538. The molecule has 2 aliphatic carbocycles. The zero-order chi connectivity index (χ0) is 70.1. The minimum Gasteiger partial charge on any atom is -0.282 e. The fraction of sp³-hybridized carbons (Fsp3) is 0.600. The van der Waals surface area contributed by atoms with E-state index in [-0.39, 0.29) is 28.1 Å². The molecule has 0 N–H and O–H groups in total. The molecule has 4 aliphatic heterocycles. The summed E-state index contributed by atoms with van der Waals surface area (Å²) in [5, 5.41) is 0. The average Bonchev–Trinajstić information content (AvgIpc) is 1.53. The van der Waals surface area contributed by atoms with Crippen LogP contribution in [0.2, 0.25) is 0 Å². The van der Waals surface area contributed by atoms with Crippen molar-refractivity contribution >= 4 is 46.7 Å². The molecule has 5 heterocycles. The summed E-state index contributed by atoms with van der Waals surface area (Å²) in [6, 6.07) is 29.7. The summed E-state index contributed by atoms with van der Waals surface area (Å²) in [5.41, 5.74) is 20.7. The molecular formula is C95H132N2O2S. The second-order valence-corrected chi connectivity index (χ2v) is 34.5. The third kappa shape index (κ3) is 17.0. The maximum Gasteiger partial charge on any atom is 0.265 e. The van der Waals surface area contributed by atoms with Crippen molar-refractivity contribution in [1.29, 1.82) is 0 Å². The van der Waals surface area contributed by atoms with Gasteiger partial charge in [0.25, 0.3) is 11.8 Å². The highest BCUT2D eigenvalue weighted by Gasteiger charge is 2.52. The Labute approximate surface area is 613 Å². The van der Waals surface area contributed by atoms with Gasteiger partial charge in [0.1, 0.15) is 0 Å². The average molecular weight is 1370 g/mol. The van der Waals surface area contributed by atoms with Gasteiger partial charge >= 0.3 is 0 Å². The monoisotopic (exact) mass is 1370 g/mol. The van der Waals surface area contributed by atoms with Crippen molar-refractivity contribution in [3.8, 4) is 32.7 Å². The lowest BCUT2D eigenvalue weighted by Gasteiger charge is -2.35. The smallest absolute Gasteiger partial charge is 0.265 e. The number of amides is 2. The molecule has 540 valence electrons. The van der Waals surface area contributed by atoms with E-state index < -0.39 is 0 Å². The van der Waals surface area contributed by atoms with Gasteiger partial charge in [0.2, 0.25) is 0 Å². The highest BCUT2D eigenvalue weighted by molar-refractivity contribution is 7.15. The molecule has 0 bridgehead atoms. The van der Waals surface area contributed by atoms with Gasteiger partial charge in [-0.15, -0.1) is 11.3 Å². The molecule has 0 radical (unpaired) electrons. The molecule has 0 saturated carbocycles. The Hall–Kier alpha value is -5.52. The Kier molecular flexibility index (Phi) is 27.4. The Balaban J connectivity index is 0.975. The van der Waals surface area contributed by atoms with E-state index in [1.165, 1.54) is 322 Å². The van der Waals surface area contributed by atoms with Gasteiger partial charge in [0, 0.05) is 44.1 Å². The quantitative estimate of drug-likeness (QED) is 0.0364. The number of fused-ring (bicyclic) bond motifs is 13. The summed E-state index contributed by atoms with van der Waals surface area (Å²) in [4.78, 5) is 38.4. The Morgan fingerprint density at radius 2 is 0.690 bits per heavy atom. The largest absolute Gasteiger partial charge is 0.282 e. The number of rotatable bonds is 46. The third-order valence-electron chi connectivity index (χ3n) is 24.6. The van der Waals surface area contributed by atoms with E-state index in [0.717, 1.165) is 59.3 Å². The van der Waals surface area contributed by atoms with Gasteiger partial charge < -0.3 is 0 Å². The topological polar surface area (TPSA) is 40.6 Å². The molecular weight excluding hydrogens is 1230 g/mol. The van der Waals surface area contributed by atoms with E-state index >= 15 is 9.59 Å². The van der Waals surface area contributed by atoms with E-state index in [1.807, 2.05) is 33.5 Å². The lowest BCUT2D eigenvalue weighted by Crippen LogP contribution is -2.29. The van der Waals surface area contributed by atoms with Crippen molar-refractivity contribution in [3.63, 3.8) is 0 Å². The van der Waals surface area contributed by atoms with Crippen molar-refractivity contribution in [2.75, 3.05) is 0 Å². The first-order valence-corrected chi connectivity index (χ1v) is 42.9. The number of thiophene rings is 1. The summed E-state index contributed by atoms with van der Waals surface area (Å²) < 4.78 is 0. The van der Waals surface area contributed by atoms with Crippen molar-refractivity contribution < 1.29 is 9.59 Å². The summed E-state index contributed by atoms with van der Waals surface area (Å²) in [7, 11) is 0. The standard InChI is InChI=1S/C95H132N2O2S/c1-10-14-18-22-26-30-34-38-42-46-58-94(59-47-43-39-35-31-27-23-19-15-11-2)81-66-73(86-55-54-85(100-86)70(5)6)50-52-75(81)79-64-71-56-62-96-89(77(71)68-83(79)94)87-88(92(96)99)90-78-69-84-80(65-72(78)57-63-97(90)91(87)98)76-53-51-74(93(7,8)9)67-82(76)95(84,60-48-44-40-36-32-28-24-20-16-12-3)61-49-45-41-37-33-29-25-21-17-13-4/h50-57,62-70H,10-49,58-61H2,1-9H3. The van der Waals surface area contributed by atoms with E-state index in [2.05, 4.69) is 147 Å². The fourth-order valence-corrected chi connectivity index (χ4v) is 19.7. The summed E-state index contributed by atoms with van der Waals surface area (Å²) in [5.74, 6) is 0.335. The summed E-state index contributed by atoms with van der Waals surface area (Å²) >= 11 is 1.96. The Morgan fingerprint density at radius 3 is 1.03 bits per heavy atom. The van der Waals surface area contributed by atoms with E-state index in [9.17, 15) is 0 Å². The highest BCUT2D eigenvalue weighted by Crippen LogP contribution is 2.61. The predicted molar refractivity (Wildman–Crippen MR) is 433 cm³/mol. The molecule has 0 fully saturated rings. The van der Waals surface area contributed by atoms with Crippen LogP contribution in [-0.4, -0.2) is 21.6 Å². The molecule has 5 aromatic rings. The first-order chi connectivity index (χ1) is 48.8. The number of hydrogen-bond donors (Lipinski definition) is 0. The van der Waals surface area contributed by atoms with Gasteiger partial charge in [-0.1, -0.05) is 349 Å². The molecule has 4 nitrogen and oxygen atoms in total.